The van der Waals surface area contributed by atoms with Crippen molar-refractivity contribution in [1.29, 1.82) is 0 Å². The van der Waals surface area contributed by atoms with Gasteiger partial charge in [-0.25, -0.2) is 4.98 Å². The van der Waals surface area contributed by atoms with Crippen LogP contribution in [-0.4, -0.2) is 9.55 Å². The third-order valence-corrected chi connectivity index (χ3v) is 3.31. The highest BCUT2D eigenvalue weighted by Crippen LogP contribution is 2.31. The first-order valence-electron chi connectivity index (χ1n) is 6.50. The lowest BCUT2D eigenvalue weighted by Crippen LogP contribution is -2.04. The van der Waals surface area contributed by atoms with E-state index in [1.807, 2.05) is 42.5 Å². The Morgan fingerprint density at radius 2 is 1.68 bits per heavy atom. The summed E-state index contributed by atoms with van der Waals surface area (Å²) in [5, 5.41) is 0. The Kier molecular flexibility index (Phi) is 2.75. The first kappa shape index (κ1) is 11.8. The summed E-state index contributed by atoms with van der Waals surface area (Å²) in [4.78, 5) is 4.75. The molecular formula is C16H17N3. The number of para-hydroxylation sites is 3. The Morgan fingerprint density at radius 3 is 2.42 bits per heavy atom. The maximum atomic E-state index is 6.09. The second-order valence-corrected chi connectivity index (χ2v) is 4.98. The summed E-state index contributed by atoms with van der Waals surface area (Å²) in [7, 11) is 0. The highest BCUT2D eigenvalue weighted by molar-refractivity contribution is 5.83. The van der Waals surface area contributed by atoms with Gasteiger partial charge in [0.25, 0.3) is 0 Å². The van der Waals surface area contributed by atoms with Crippen molar-refractivity contribution in [2.75, 3.05) is 5.73 Å². The lowest BCUT2D eigenvalue weighted by Gasteiger charge is -2.14. The quantitative estimate of drug-likeness (QED) is 0.703. The smallest absolute Gasteiger partial charge is 0.143 e. The van der Waals surface area contributed by atoms with Gasteiger partial charge in [0.05, 0.1) is 11.0 Å². The van der Waals surface area contributed by atoms with Crippen LogP contribution in [0.2, 0.25) is 0 Å². The van der Waals surface area contributed by atoms with Crippen LogP contribution in [-0.2, 0) is 0 Å². The highest BCUT2D eigenvalue weighted by atomic mass is 15.1. The molecule has 0 spiro atoms. The molecule has 0 unspecified atom stereocenters. The maximum Gasteiger partial charge on any atom is 0.143 e. The van der Waals surface area contributed by atoms with Gasteiger partial charge in [0.15, 0.2) is 0 Å². The van der Waals surface area contributed by atoms with Gasteiger partial charge in [-0.05, 0) is 38.1 Å². The van der Waals surface area contributed by atoms with Crippen LogP contribution in [0.15, 0.2) is 48.5 Å². The molecular weight excluding hydrogens is 234 g/mol. The summed E-state index contributed by atoms with van der Waals surface area (Å²) in [6, 6.07) is 16.4. The van der Waals surface area contributed by atoms with Crippen molar-refractivity contribution in [2.24, 2.45) is 0 Å². The van der Waals surface area contributed by atoms with Crippen molar-refractivity contribution in [3.63, 3.8) is 0 Å². The second kappa shape index (κ2) is 4.43. The highest BCUT2D eigenvalue weighted by Gasteiger charge is 2.15. The molecule has 0 aliphatic heterocycles. The van der Waals surface area contributed by atoms with E-state index < -0.39 is 0 Å². The van der Waals surface area contributed by atoms with E-state index in [4.69, 9.17) is 10.7 Å². The monoisotopic (exact) mass is 251 g/mol. The largest absolute Gasteiger partial charge is 0.398 e. The summed E-state index contributed by atoms with van der Waals surface area (Å²) >= 11 is 0. The zero-order valence-corrected chi connectivity index (χ0v) is 11.2. The molecule has 0 bridgehead atoms. The van der Waals surface area contributed by atoms with Crippen LogP contribution in [0, 0.1) is 0 Å². The molecule has 1 aromatic heterocycles. The van der Waals surface area contributed by atoms with Crippen LogP contribution < -0.4 is 5.73 Å². The maximum absolute atomic E-state index is 6.09. The van der Waals surface area contributed by atoms with Crippen LogP contribution in [0.25, 0.3) is 22.4 Å². The number of aromatic nitrogens is 2. The molecule has 3 rings (SSSR count). The lowest BCUT2D eigenvalue weighted by atomic mass is 10.1. The van der Waals surface area contributed by atoms with Crippen molar-refractivity contribution < 1.29 is 0 Å². The van der Waals surface area contributed by atoms with Gasteiger partial charge >= 0.3 is 0 Å². The summed E-state index contributed by atoms with van der Waals surface area (Å²) < 4.78 is 2.24. The molecule has 0 saturated carbocycles. The lowest BCUT2D eigenvalue weighted by molar-refractivity contribution is 0.624. The molecule has 0 aliphatic rings. The number of hydrogen-bond donors (Lipinski definition) is 1. The SMILES string of the molecule is CC(C)n1c(-c2ccccc2N)nc2ccccc21. The van der Waals surface area contributed by atoms with Crippen molar-refractivity contribution in [3.05, 3.63) is 48.5 Å². The van der Waals surface area contributed by atoms with E-state index in [1.54, 1.807) is 0 Å². The standard InChI is InChI=1S/C16H17N3/c1-11(2)19-15-10-6-5-9-14(15)18-16(19)12-7-3-4-8-13(12)17/h3-11H,17H2,1-2H3. The topological polar surface area (TPSA) is 43.8 Å². The van der Waals surface area contributed by atoms with Crippen molar-refractivity contribution in [2.45, 2.75) is 19.9 Å². The Balaban J connectivity index is 2.35. The average molecular weight is 251 g/mol. The zero-order chi connectivity index (χ0) is 13.4. The molecule has 96 valence electrons. The third-order valence-electron chi connectivity index (χ3n) is 3.31. The molecule has 0 fully saturated rings. The van der Waals surface area contributed by atoms with Crippen LogP contribution >= 0.6 is 0 Å². The van der Waals surface area contributed by atoms with Gasteiger partial charge in [0, 0.05) is 17.3 Å². The number of fused-ring (bicyclic) bond motifs is 1. The summed E-state index contributed by atoms with van der Waals surface area (Å²) in [5.74, 6) is 0.939. The molecule has 3 aromatic rings. The van der Waals surface area contributed by atoms with E-state index in [9.17, 15) is 0 Å². The van der Waals surface area contributed by atoms with Crippen LogP contribution in [0.4, 0.5) is 5.69 Å². The van der Waals surface area contributed by atoms with E-state index in [0.717, 1.165) is 28.1 Å². The number of nitrogens with two attached hydrogens (primary N) is 1. The van der Waals surface area contributed by atoms with Crippen LogP contribution in [0.3, 0.4) is 0 Å². The molecule has 3 nitrogen and oxygen atoms in total. The number of nitrogen functional groups attached to an aromatic ring is 1. The molecule has 2 aromatic carbocycles. The molecule has 0 amide bonds. The van der Waals surface area contributed by atoms with Gasteiger partial charge in [0.1, 0.15) is 5.82 Å². The second-order valence-electron chi connectivity index (χ2n) is 4.98. The predicted molar refractivity (Wildman–Crippen MR) is 80.0 cm³/mol. The Hall–Kier alpha value is -2.29. The fourth-order valence-electron chi connectivity index (χ4n) is 2.46. The number of nitrogens with zero attached hydrogens (tertiary/aromatic N) is 2. The zero-order valence-electron chi connectivity index (χ0n) is 11.2. The molecule has 0 atom stereocenters. The minimum absolute atomic E-state index is 0.335. The molecule has 2 N–H and O–H groups in total. The Labute approximate surface area is 112 Å². The molecule has 0 saturated heterocycles. The Bertz CT molecular complexity index is 726. The van der Waals surface area contributed by atoms with Gasteiger partial charge in [0.2, 0.25) is 0 Å². The van der Waals surface area contributed by atoms with E-state index in [-0.39, 0.29) is 0 Å². The van der Waals surface area contributed by atoms with Crippen molar-refractivity contribution in [3.8, 4) is 11.4 Å². The first-order valence-corrected chi connectivity index (χ1v) is 6.50. The number of imidazole rings is 1. The van der Waals surface area contributed by atoms with E-state index in [2.05, 4.69) is 24.5 Å². The fourth-order valence-corrected chi connectivity index (χ4v) is 2.46. The van der Waals surface area contributed by atoms with Gasteiger partial charge in [-0.3, -0.25) is 0 Å². The van der Waals surface area contributed by atoms with Gasteiger partial charge < -0.3 is 10.3 Å². The Morgan fingerprint density at radius 1 is 1.00 bits per heavy atom. The normalized spacial score (nSPS) is 11.3. The van der Waals surface area contributed by atoms with Gasteiger partial charge in [-0.15, -0.1) is 0 Å². The summed E-state index contributed by atoms with van der Waals surface area (Å²) in [6.07, 6.45) is 0. The van der Waals surface area contributed by atoms with Crippen LogP contribution in [0.1, 0.15) is 19.9 Å². The fraction of sp³-hybridized carbons (Fsp3) is 0.188. The summed E-state index contributed by atoms with van der Waals surface area (Å²) in [5.41, 5.74) is 10.0. The molecule has 1 heterocycles. The van der Waals surface area contributed by atoms with Crippen molar-refractivity contribution in [1.82, 2.24) is 9.55 Å². The molecule has 3 heteroatoms. The number of rotatable bonds is 2. The van der Waals surface area contributed by atoms with Crippen LogP contribution in [0.5, 0.6) is 0 Å². The number of anilines is 1. The van der Waals surface area contributed by atoms with E-state index >= 15 is 0 Å². The van der Waals surface area contributed by atoms with Gasteiger partial charge in [-0.2, -0.15) is 0 Å². The van der Waals surface area contributed by atoms with Crippen molar-refractivity contribution >= 4 is 16.7 Å². The first-order chi connectivity index (χ1) is 9.18. The van der Waals surface area contributed by atoms with Gasteiger partial charge in [-0.1, -0.05) is 24.3 Å². The molecule has 0 radical (unpaired) electrons. The molecule has 0 aliphatic carbocycles. The predicted octanol–water partition coefficient (Wildman–Crippen LogP) is 3.87. The number of benzene rings is 2. The van der Waals surface area contributed by atoms with E-state index in [1.165, 1.54) is 0 Å². The summed E-state index contributed by atoms with van der Waals surface area (Å²) in [6.45, 7) is 4.33. The average Bonchev–Trinajstić information content (AvgIpc) is 2.78. The molecule has 19 heavy (non-hydrogen) atoms. The minimum atomic E-state index is 0.335. The minimum Gasteiger partial charge on any atom is -0.398 e. The van der Waals surface area contributed by atoms with E-state index in [0.29, 0.717) is 6.04 Å². The third kappa shape index (κ3) is 1.87. The number of hydrogen-bond acceptors (Lipinski definition) is 2.